The maximum Gasteiger partial charge on any atom is 0.124 e. The van der Waals surface area contributed by atoms with Crippen molar-refractivity contribution in [2.75, 3.05) is 32.8 Å². The van der Waals surface area contributed by atoms with Crippen molar-refractivity contribution in [3.8, 4) is 5.75 Å². The highest BCUT2D eigenvalue weighted by Crippen LogP contribution is 2.37. The topological polar surface area (TPSA) is 37.4 Å². The number of rotatable bonds is 5. The van der Waals surface area contributed by atoms with Gasteiger partial charge in [-0.25, -0.2) is 0 Å². The van der Waals surface area contributed by atoms with E-state index < -0.39 is 0 Å². The maximum atomic E-state index is 6.38. The molecule has 1 saturated heterocycles. The van der Waals surface area contributed by atoms with Crippen LogP contribution in [-0.2, 0) is 0 Å². The Morgan fingerprint density at radius 1 is 1.15 bits per heavy atom. The minimum absolute atomic E-state index is 0.0597. The first-order chi connectivity index (χ1) is 13.3. The molecule has 1 aliphatic rings. The van der Waals surface area contributed by atoms with Crippen molar-refractivity contribution in [1.29, 1.82) is 0 Å². The predicted molar refractivity (Wildman–Crippen MR) is 111 cm³/mol. The van der Waals surface area contributed by atoms with E-state index >= 15 is 0 Å². The first-order valence-corrected chi connectivity index (χ1v) is 9.86. The summed E-state index contributed by atoms with van der Waals surface area (Å²) in [6.45, 7) is 6.52. The van der Waals surface area contributed by atoms with Crippen molar-refractivity contribution >= 4 is 22.5 Å². The van der Waals surface area contributed by atoms with E-state index in [0.717, 1.165) is 53.4 Å². The van der Waals surface area contributed by atoms with Crippen molar-refractivity contribution in [2.45, 2.75) is 13.0 Å². The van der Waals surface area contributed by atoms with Crippen LogP contribution in [0.5, 0.6) is 5.75 Å². The molecular weight excluding hydrogens is 358 g/mol. The largest absolute Gasteiger partial charge is 0.494 e. The molecule has 5 heteroatoms. The number of piperazine rings is 1. The van der Waals surface area contributed by atoms with E-state index in [2.05, 4.69) is 28.4 Å². The Balaban J connectivity index is 1.85. The van der Waals surface area contributed by atoms with Crippen molar-refractivity contribution in [1.82, 2.24) is 15.2 Å². The van der Waals surface area contributed by atoms with Gasteiger partial charge in [-0.05, 0) is 42.8 Å². The average Bonchev–Trinajstić information content (AvgIpc) is 2.71. The van der Waals surface area contributed by atoms with Crippen molar-refractivity contribution in [3.63, 3.8) is 0 Å². The second-order valence-corrected chi connectivity index (χ2v) is 7.20. The van der Waals surface area contributed by atoms with E-state index in [1.54, 1.807) is 0 Å². The normalized spacial score (nSPS) is 16.4. The summed E-state index contributed by atoms with van der Waals surface area (Å²) in [5, 5.41) is 5.31. The van der Waals surface area contributed by atoms with Gasteiger partial charge in [-0.2, -0.15) is 0 Å². The molecule has 27 heavy (non-hydrogen) atoms. The molecule has 0 aliphatic carbocycles. The summed E-state index contributed by atoms with van der Waals surface area (Å²) in [5.74, 6) is 0.888. The number of benzene rings is 2. The molecule has 0 bridgehead atoms. The molecule has 1 unspecified atom stereocenters. The quantitative estimate of drug-likeness (QED) is 0.715. The molecule has 2 aromatic carbocycles. The first kappa shape index (κ1) is 18.2. The van der Waals surface area contributed by atoms with Gasteiger partial charge in [0.05, 0.1) is 18.2 Å². The van der Waals surface area contributed by atoms with Gasteiger partial charge in [0.25, 0.3) is 0 Å². The average molecular weight is 382 g/mol. The van der Waals surface area contributed by atoms with Gasteiger partial charge in [0.2, 0.25) is 0 Å². The molecule has 0 radical (unpaired) electrons. The molecule has 0 saturated carbocycles. The molecule has 0 spiro atoms. The van der Waals surface area contributed by atoms with Crippen LogP contribution in [0.25, 0.3) is 10.9 Å². The number of hydrogen-bond acceptors (Lipinski definition) is 4. The zero-order chi connectivity index (χ0) is 18.6. The molecule has 1 aromatic heterocycles. The first-order valence-electron chi connectivity index (χ1n) is 9.48. The summed E-state index contributed by atoms with van der Waals surface area (Å²) in [6, 6.07) is 16.4. The number of nitrogens with one attached hydrogen (secondary N) is 1. The van der Waals surface area contributed by atoms with E-state index in [0.29, 0.717) is 6.61 Å². The standard InChI is InChI=1S/C22H24ClN3O/c1-2-27-21-8-7-18(23)14-19(21)22(26-11-9-24-10-12-26)17-13-16-5-3-4-6-20(16)25-15-17/h3-8,13-15,22,24H,2,9-12H2,1H3. The lowest BCUT2D eigenvalue weighted by molar-refractivity contribution is 0.194. The highest BCUT2D eigenvalue weighted by Gasteiger charge is 2.27. The third-order valence-electron chi connectivity index (χ3n) is 5.01. The molecular formula is C22H24ClN3O. The third-order valence-corrected chi connectivity index (χ3v) is 5.25. The summed E-state index contributed by atoms with van der Waals surface area (Å²) in [7, 11) is 0. The molecule has 4 nitrogen and oxygen atoms in total. The molecule has 3 aromatic rings. The summed E-state index contributed by atoms with van der Waals surface area (Å²) in [6.07, 6.45) is 1.99. The maximum absolute atomic E-state index is 6.38. The third kappa shape index (κ3) is 3.93. The number of halogens is 1. The number of nitrogens with zero attached hydrogens (tertiary/aromatic N) is 2. The van der Waals surface area contributed by atoms with E-state index in [1.807, 2.05) is 43.5 Å². The lowest BCUT2D eigenvalue weighted by Gasteiger charge is -2.36. The summed E-state index contributed by atoms with van der Waals surface area (Å²) < 4.78 is 5.95. The van der Waals surface area contributed by atoms with E-state index in [1.165, 1.54) is 5.56 Å². The van der Waals surface area contributed by atoms with Crippen molar-refractivity contribution < 1.29 is 4.74 Å². The van der Waals surface area contributed by atoms with Gasteiger partial charge in [0, 0.05) is 48.3 Å². The van der Waals surface area contributed by atoms with Gasteiger partial charge in [0.15, 0.2) is 0 Å². The van der Waals surface area contributed by atoms with Gasteiger partial charge in [0.1, 0.15) is 5.75 Å². The Bertz CT molecular complexity index is 924. The minimum Gasteiger partial charge on any atom is -0.494 e. The number of hydrogen-bond donors (Lipinski definition) is 1. The molecule has 0 amide bonds. The Labute approximate surface area is 165 Å². The Morgan fingerprint density at radius 3 is 2.78 bits per heavy atom. The smallest absolute Gasteiger partial charge is 0.124 e. The van der Waals surface area contributed by atoms with Crippen LogP contribution in [0.15, 0.2) is 54.7 Å². The lowest BCUT2D eigenvalue weighted by atomic mass is 9.95. The fourth-order valence-corrected chi connectivity index (χ4v) is 3.97. The Morgan fingerprint density at radius 2 is 1.96 bits per heavy atom. The van der Waals surface area contributed by atoms with Crippen molar-refractivity contribution in [2.24, 2.45) is 0 Å². The van der Waals surface area contributed by atoms with Crippen molar-refractivity contribution in [3.05, 3.63) is 70.9 Å². The number of pyridine rings is 1. The number of para-hydroxylation sites is 1. The van der Waals surface area contributed by atoms with Crippen LogP contribution in [0.4, 0.5) is 0 Å². The van der Waals surface area contributed by atoms with Crippen LogP contribution >= 0.6 is 11.6 Å². The van der Waals surface area contributed by atoms with E-state index in [9.17, 15) is 0 Å². The van der Waals surface area contributed by atoms with E-state index in [4.69, 9.17) is 21.3 Å². The Hall–Kier alpha value is -2.14. The van der Waals surface area contributed by atoms with Gasteiger partial charge in [-0.3, -0.25) is 9.88 Å². The second kappa shape index (κ2) is 8.26. The SMILES string of the molecule is CCOc1ccc(Cl)cc1C(c1cnc2ccccc2c1)N1CCNCC1. The molecule has 140 valence electrons. The fraction of sp³-hybridized carbons (Fsp3) is 0.318. The number of aromatic nitrogens is 1. The second-order valence-electron chi connectivity index (χ2n) is 6.77. The number of fused-ring (bicyclic) bond motifs is 1. The summed E-state index contributed by atoms with van der Waals surface area (Å²) in [5.41, 5.74) is 3.28. The monoisotopic (exact) mass is 381 g/mol. The van der Waals surface area contributed by atoms with Crippen LogP contribution in [0, 0.1) is 0 Å². The highest BCUT2D eigenvalue weighted by molar-refractivity contribution is 6.30. The van der Waals surface area contributed by atoms with Crippen LogP contribution in [0.1, 0.15) is 24.1 Å². The van der Waals surface area contributed by atoms with Crippen LogP contribution in [0.2, 0.25) is 5.02 Å². The van der Waals surface area contributed by atoms with Gasteiger partial charge >= 0.3 is 0 Å². The molecule has 2 heterocycles. The van der Waals surface area contributed by atoms with Crippen LogP contribution in [-0.4, -0.2) is 42.7 Å². The summed E-state index contributed by atoms with van der Waals surface area (Å²) in [4.78, 5) is 7.19. The predicted octanol–water partition coefficient (Wildman–Crippen LogP) is 4.28. The zero-order valence-corrected chi connectivity index (χ0v) is 16.2. The van der Waals surface area contributed by atoms with Gasteiger partial charge in [-0.15, -0.1) is 0 Å². The zero-order valence-electron chi connectivity index (χ0n) is 15.5. The molecule has 1 atom stereocenters. The Kier molecular flexibility index (Phi) is 5.58. The number of ether oxygens (including phenoxy) is 1. The van der Waals surface area contributed by atoms with Gasteiger partial charge in [-0.1, -0.05) is 29.8 Å². The van der Waals surface area contributed by atoms with E-state index in [-0.39, 0.29) is 6.04 Å². The van der Waals surface area contributed by atoms with Crippen LogP contribution in [0.3, 0.4) is 0 Å². The fourth-order valence-electron chi connectivity index (χ4n) is 3.78. The summed E-state index contributed by atoms with van der Waals surface area (Å²) >= 11 is 6.38. The van der Waals surface area contributed by atoms with Gasteiger partial charge < -0.3 is 10.1 Å². The molecule has 4 rings (SSSR count). The van der Waals surface area contributed by atoms with Crippen LogP contribution < -0.4 is 10.1 Å². The molecule has 1 N–H and O–H groups in total. The minimum atomic E-state index is 0.0597. The highest BCUT2D eigenvalue weighted by atomic mass is 35.5. The lowest BCUT2D eigenvalue weighted by Crippen LogP contribution is -2.45. The molecule has 1 aliphatic heterocycles. The molecule has 1 fully saturated rings.